The van der Waals surface area contributed by atoms with E-state index in [9.17, 15) is 0 Å². The molecule has 0 amide bonds. The number of nitrogens with one attached hydrogen (secondary N) is 2. The first-order chi connectivity index (χ1) is 11.8. The Labute approximate surface area is 151 Å². The standard InChI is InChI=1S/C17H23ClN4OS/c18-16-2-1-14(24-16)8-19-17-7-15(20-21-17)13-3-5-22(6-4-13)9-12-10-23-11-12/h1-2,7,12-13H,3-6,8-11H2,(H2,19,20,21). The lowest BCUT2D eigenvalue weighted by Crippen LogP contribution is -2.42. The van der Waals surface area contributed by atoms with Crippen LogP contribution in [-0.4, -0.2) is 47.9 Å². The molecule has 0 radical (unpaired) electrons. The summed E-state index contributed by atoms with van der Waals surface area (Å²) in [5.41, 5.74) is 1.26. The molecular weight excluding hydrogens is 344 g/mol. The minimum atomic E-state index is 0.595. The van der Waals surface area contributed by atoms with Crippen molar-refractivity contribution in [3.8, 4) is 0 Å². The van der Waals surface area contributed by atoms with Gasteiger partial charge in [0, 0.05) is 35.0 Å². The summed E-state index contributed by atoms with van der Waals surface area (Å²) in [7, 11) is 0. The molecule has 4 rings (SSSR count). The van der Waals surface area contributed by atoms with Crippen LogP contribution in [0, 0.1) is 5.92 Å². The van der Waals surface area contributed by atoms with Crippen molar-refractivity contribution in [3.05, 3.63) is 33.1 Å². The van der Waals surface area contributed by atoms with Gasteiger partial charge in [0.15, 0.2) is 0 Å². The minimum absolute atomic E-state index is 0.595. The summed E-state index contributed by atoms with van der Waals surface area (Å²) in [5, 5.41) is 11.0. The van der Waals surface area contributed by atoms with E-state index in [2.05, 4.69) is 32.5 Å². The zero-order valence-electron chi connectivity index (χ0n) is 13.6. The van der Waals surface area contributed by atoms with Gasteiger partial charge in [-0.1, -0.05) is 11.6 Å². The number of nitrogens with zero attached hydrogens (tertiary/aromatic N) is 2. The molecule has 2 aliphatic rings. The Kier molecular flexibility index (Phi) is 5.08. The second-order valence-electron chi connectivity index (χ2n) is 6.75. The van der Waals surface area contributed by atoms with Crippen LogP contribution in [0.15, 0.2) is 18.2 Å². The van der Waals surface area contributed by atoms with E-state index in [4.69, 9.17) is 16.3 Å². The van der Waals surface area contributed by atoms with E-state index in [-0.39, 0.29) is 0 Å². The fourth-order valence-corrected chi connectivity index (χ4v) is 4.47. The van der Waals surface area contributed by atoms with Crippen LogP contribution in [0.3, 0.4) is 0 Å². The first-order valence-corrected chi connectivity index (χ1v) is 9.79. The third-order valence-corrected chi connectivity index (χ3v) is 6.15. The van der Waals surface area contributed by atoms with Crippen LogP contribution in [0.1, 0.15) is 29.3 Å². The van der Waals surface area contributed by atoms with E-state index in [0.29, 0.717) is 5.92 Å². The van der Waals surface area contributed by atoms with Gasteiger partial charge in [0.25, 0.3) is 0 Å². The zero-order chi connectivity index (χ0) is 16.4. The molecule has 4 heterocycles. The highest BCUT2D eigenvalue weighted by Crippen LogP contribution is 2.29. The fraction of sp³-hybridized carbons (Fsp3) is 0.588. The second-order valence-corrected chi connectivity index (χ2v) is 8.55. The lowest BCUT2D eigenvalue weighted by atomic mass is 9.93. The molecule has 2 fully saturated rings. The van der Waals surface area contributed by atoms with Gasteiger partial charge in [0.05, 0.1) is 24.1 Å². The Morgan fingerprint density at radius 3 is 2.83 bits per heavy atom. The predicted octanol–water partition coefficient (Wildman–Crippen LogP) is 3.56. The number of aromatic nitrogens is 2. The van der Waals surface area contributed by atoms with E-state index < -0.39 is 0 Å². The third-order valence-electron chi connectivity index (χ3n) is 4.92. The Hall–Kier alpha value is -1.08. The summed E-state index contributed by atoms with van der Waals surface area (Å²) in [6.07, 6.45) is 2.41. The molecule has 24 heavy (non-hydrogen) atoms. The topological polar surface area (TPSA) is 53.2 Å². The maximum atomic E-state index is 5.96. The molecule has 5 nitrogen and oxygen atoms in total. The number of likely N-dealkylation sites (tertiary alicyclic amines) is 1. The van der Waals surface area contributed by atoms with E-state index in [1.807, 2.05) is 6.07 Å². The largest absolute Gasteiger partial charge is 0.381 e. The average Bonchev–Trinajstić information content (AvgIpc) is 3.18. The Balaban J connectivity index is 1.25. The van der Waals surface area contributed by atoms with Gasteiger partial charge < -0.3 is 15.0 Å². The number of ether oxygens (including phenoxy) is 1. The molecule has 0 aliphatic carbocycles. The number of piperidine rings is 1. The SMILES string of the molecule is Clc1ccc(CNc2cc(C3CCN(CC4COC4)CC3)[nH]n2)s1. The van der Waals surface area contributed by atoms with Gasteiger partial charge >= 0.3 is 0 Å². The van der Waals surface area contributed by atoms with Crippen LogP contribution in [-0.2, 0) is 11.3 Å². The maximum absolute atomic E-state index is 5.96. The summed E-state index contributed by atoms with van der Waals surface area (Å²) in [6.45, 7) is 6.22. The monoisotopic (exact) mass is 366 g/mol. The van der Waals surface area contributed by atoms with Crippen LogP contribution in [0.2, 0.25) is 4.34 Å². The second kappa shape index (κ2) is 7.44. The Bertz CT molecular complexity index is 661. The number of aromatic amines is 1. The predicted molar refractivity (Wildman–Crippen MR) is 98.0 cm³/mol. The summed E-state index contributed by atoms with van der Waals surface area (Å²) in [6, 6.07) is 6.15. The highest BCUT2D eigenvalue weighted by Gasteiger charge is 2.26. The van der Waals surface area contributed by atoms with Gasteiger partial charge in [-0.2, -0.15) is 5.10 Å². The van der Waals surface area contributed by atoms with Gasteiger partial charge in [0.1, 0.15) is 5.82 Å². The number of H-pyrrole nitrogens is 1. The molecule has 0 aromatic carbocycles. The highest BCUT2D eigenvalue weighted by molar-refractivity contribution is 7.16. The van der Waals surface area contributed by atoms with Gasteiger partial charge in [-0.25, -0.2) is 0 Å². The molecule has 7 heteroatoms. The van der Waals surface area contributed by atoms with E-state index >= 15 is 0 Å². The number of thiophene rings is 1. The van der Waals surface area contributed by atoms with E-state index in [1.54, 1.807) is 11.3 Å². The molecule has 0 saturated carbocycles. The van der Waals surface area contributed by atoms with Gasteiger partial charge in [-0.15, -0.1) is 11.3 Å². The average molecular weight is 367 g/mol. The minimum Gasteiger partial charge on any atom is -0.381 e. The van der Waals surface area contributed by atoms with E-state index in [0.717, 1.165) is 35.8 Å². The molecule has 0 unspecified atom stereocenters. The smallest absolute Gasteiger partial charge is 0.148 e. The maximum Gasteiger partial charge on any atom is 0.148 e. The Morgan fingerprint density at radius 1 is 1.33 bits per heavy atom. The highest BCUT2D eigenvalue weighted by atomic mass is 35.5. The molecule has 0 bridgehead atoms. The molecule has 2 saturated heterocycles. The van der Waals surface area contributed by atoms with Crippen molar-refractivity contribution < 1.29 is 4.74 Å². The lowest BCUT2D eigenvalue weighted by molar-refractivity contribution is -0.0487. The molecule has 130 valence electrons. The van der Waals surface area contributed by atoms with Crippen LogP contribution >= 0.6 is 22.9 Å². The summed E-state index contributed by atoms with van der Waals surface area (Å²) >= 11 is 7.57. The lowest BCUT2D eigenvalue weighted by Gasteiger charge is -2.36. The van der Waals surface area contributed by atoms with Crippen LogP contribution < -0.4 is 5.32 Å². The van der Waals surface area contributed by atoms with Crippen LogP contribution in [0.25, 0.3) is 0 Å². The third kappa shape index (κ3) is 3.94. The molecule has 2 N–H and O–H groups in total. The Morgan fingerprint density at radius 2 is 2.17 bits per heavy atom. The molecular formula is C17H23ClN4OS. The molecule has 0 spiro atoms. The van der Waals surface area contributed by atoms with Crippen molar-refractivity contribution in [2.45, 2.75) is 25.3 Å². The van der Waals surface area contributed by atoms with Crippen molar-refractivity contribution in [2.75, 3.05) is 38.2 Å². The normalized spacial score (nSPS) is 20.2. The van der Waals surface area contributed by atoms with Crippen LogP contribution in [0.5, 0.6) is 0 Å². The van der Waals surface area contributed by atoms with Crippen molar-refractivity contribution in [1.82, 2.24) is 15.1 Å². The number of hydrogen-bond donors (Lipinski definition) is 2. The van der Waals surface area contributed by atoms with Crippen molar-refractivity contribution in [2.24, 2.45) is 5.92 Å². The molecule has 2 aliphatic heterocycles. The van der Waals surface area contributed by atoms with Crippen molar-refractivity contribution >= 4 is 28.8 Å². The van der Waals surface area contributed by atoms with Crippen molar-refractivity contribution in [1.29, 1.82) is 0 Å². The molecule has 0 atom stereocenters. The molecule has 2 aromatic rings. The van der Waals surface area contributed by atoms with Crippen LogP contribution in [0.4, 0.5) is 5.82 Å². The summed E-state index contributed by atoms with van der Waals surface area (Å²) < 4.78 is 6.10. The first-order valence-electron chi connectivity index (χ1n) is 8.60. The fourth-order valence-electron chi connectivity index (χ4n) is 3.44. The zero-order valence-corrected chi connectivity index (χ0v) is 15.2. The quantitative estimate of drug-likeness (QED) is 0.820. The first kappa shape index (κ1) is 16.4. The van der Waals surface area contributed by atoms with Crippen molar-refractivity contribution in [3.63, 3.8) is 0 Å². The molecule has 2 aromatic heterocycles. The summed E-state index contributed by atoms with van der Waals surface area (Å²) in [4.78, 5) is 3.80. The number of rotatable bonds is 6. The van der Waals surface area contributed by atoms with E-state index in [1.165, 1.54) is 43.0 Å². The van der Waals surface area contributed by atoms with Gasteiger partial charge in [0.2, 0.25) is 0 Å². The number of anilines is 1. The number of hydrogen-bond acceptors (Lipinski definition) is 5. The van der Waals surface area contributed by atoms with Gasteiger partial charge in [-0.3, -0.25) is 5.10 Å². The van der Waals surface area contributed by atoms with Gasteiger partial charge in [-0.05, 0) is 38.1 Å². The number of halogens is 1. The summed E-state index contributed by atoms with van der Waals surface area (Å²) in [5.74, 6) is 2.27.